The van der Waals surface area contributed by atoms with Crippen molar-refractivity contribution in [2.75, 3.05) is 0 Å². The number of rotatable bonds is 3. The fourth-order valence-corrected chi connectivity index (χ4v) is 1.37. The summed E-state index contributed by atoms with van der Waals surface area (Å²) >= 11 is 0. The lowest BCUT2D eigenvalue weighted by Gasteiger charge is -2.27. The highest BCUT2D eigenvalue weighted by atomic mass is 16.6. The van der Waals surface area contributed by atoms with Crippen LogP contribution in [0.2, 0.25) is 0 Å². The maximum absolute atomic E-state index is 11.8. The van der Waals surface area contributed by atoms with Crippen molar-refractivity contribution in [2.24, 2.45) is 5.41 Å². The number of amides is 1. The fourth-order valence-electron chi connectivity index (χ4n) is 1.37. The molecule has 3 heteroatoms. The highest BCUT2D eigenvalue weighted by Gasteiger charge is 2.24. The number of ether oxygens (including phenoxy) is 1. The molecule has 2 atom stereocenters. The lowest BCUT2D eigenvalue weighted by molar-refractivity contribution is 0.0422. The van der Waals surface area contributed by atoms with Gasteiger partial charge in [0.1, 0.15) is 6.10 Å². The van der Waals surface area contributed by atoms with Crippen molar-refractivity contribution in [1.82, 2.24) is 5.32 Å². The summed E-state index contributed by atoms with van der Waals surface area (Å²) < 4.78 is 5.36. The van der Waals surface area contributed by atoms with Crippen molar-refractivity contribution in [1.29, 1.82) is 0 Å². The minimum atomic E-state index is -0.367. The van der Waals surface area contributed by atoms with Crippen LogP contribution in [0.4, 0.5) is 4.79 Å². The molecule has 0 radical (unpaired) electrons. The molecule has 0 bridgehead atoms. The van der Waals surface area contributed by atoms with Crippen molar-refractivity contribution in [2.45, 2.75) is 46.8 Å². The van der Waals surface area contributed by atoms with Crippen molar-refractivity contribution in [3.05, 3.63) is 35.9 Å². The molecular weight excluding hydrogens is 226 g/mol. The van der Waals surface area contributed by atoms with E-state index in [1.54, 1.807) is 0 Å². The monoisotopic (exact) mass is 249 g/mol. The summed E-state index contributed by atoms with van der Waals surface area (Å²) in [5.41, 5.74) is 1.02. The molecule has 3 nitrogen and oxygen atoms in total. The molecule has 18 heavy (non-hydrogen) atoms. The molecule has 0 aromatic heterocycles. The predicted octanol–water partition coefficient (Wildman–Crippen LogP) is 3.91. The van der Waals surface area contributed by atoms with E-state index < -0.39 is 0 Å². The van der Waals surface area contributed by atoms with Crippen LogP contribution in [0.25, 0.3) is 0 Å². The normalized spacial score (nSPS) is 14.7. The molecular formula is C15H23NO2. The van der Waals surface area contributed by atoms with Crippen LogP contribution in [-0.2, 0) is 4.74 Å². The van der Waals surface area contributed by atoms with E-state index in [0.29, 0.717) is 0 Å². The van der Waals surface area contributed by atoms with Crippen molar-refractivity contribution in [3.8, 4) is 0 Å². The molecule has 1 N–H and O–H groups in total. The summed E-state index contributed by atoms with van der Waals surface area (Å²) in [5.74, 6) is 0. The van der Waals surface area contributed by atoms with Crippen LogP contribution in [0.3, 0.4) is 0 Å². The van der Waals surface area contributed by atoms with Crippen LogP contribution in [0.1, 0.15) is 46.2 Å². The van der Waals surface area contributed by atoms with E-state index in [0.717, 1.165) is 5.56 Å². The molecule has 0 aliphatic heterocycles. The van der Waals surface area contributed by atoms with Crippen molar-refractivity contribution >= 4 is 6.09 Å². The highest BCUT2D eigenvalue weighted by molar-refractivity contribution is 5.68. The molecule has 1 aromatic rings. The quantitative estimate of drug-likeness (QED) is 0.882. The Morgan fingerprint density at radius 1 is 1.17 bits per heavy atom. The van der Waals surface area contributed by atoms with Gasteiger partial charge in [0.25, 0.3) is 0 Å². The number of hydrogen-bond acceptors (Lipinski definition) is 2. The van der Waals surface area contributed by atoms with Crippen molar-refractivity contribution < 1.29 is 9.53 Å². The molecule has 0 saturated heterocycles. The average molecular weight is 249 g/mol. The first kappa shape index (κ1) is 14.6. The maximum Gasteiger partial charge on any atom is 0.407 e. The largest absolute Gasteiger partial charge is 0.446 e. The second-order valence-electron chi connectivity index (χ2n) is 5.69. The van der Waals surface area contributed by atoms with Crippen LogP contribution in [0.15, 0.2) is 30.3 Å². The lowest BCUT2D eigenvalue weighted by Crippen LogP contribution is -2.35. The highest BCUT2D eigenvalue weighted by Crippen LogP contribution is 2.22. The van der Waals surface area contributed by atoms with Gasteiger partial charge < -0.3 is 10.1 Å². The first-order chi connectivity index (χ1) is 8.30. The fraction of sp³-hybridized carbons (Fsp3) is 0.533. The Balaban J connectivity index is 2.51. The molecule has 0 heterocycles. The minimum Gasteiger partial charge on any atom is -0.446 e. The number of carbonyl (C=O) groups excluding carboxylic acids is 1. The van der Waals surface area contributed by atoms with Crippen LogP contribution in [0.5, 0.6) is 0 Å². The van der Waals surface area contributed by atoms with E-state index in [4.69, 9.17) is 4.74 Å². The van der Waals surface area contributed by atoms with E-state index in [1.165, 1.54) is 0 Å². The lowest BCUT2D eigenvalue weighted by atomic mass is 9.90. The van der Waals surface area contributed by atoms with Gasteiger partial charge in [0.2, 0.25) is 0 Å². The number of benzene rings is 1. The van der Waals surface area contributed by atoms with Gasteiger partial charge >= 0.3 is 6.09 Å². The summed E-state index contributed by atoms with van der Waals surface area (Å²) in [6, 6.07) is 9.78. The minimum absolute atomic E-state index is 0.0483. The van der Waals surface area contributed by atoms with Gasteiger partial charge in [0.15, 0.2) is 0 Å². The zero-order valence-electron chi connectivity index (χ0n) is 11.9. The van der Waals surface area contributed by atoms with E-state index in [2.05, 4.69) is 5.32 Å². The maximum atomic E-state index is 11.8. The zero-order valence-corrected chi connectivity index (χ0v) is 11.9. The van der Waals surface area contributed by atoms with Crippen LogP contribution in [0, 0.1) is 5.41 Å². The van der Waals surface area contributed by atoms with E-state index in [9.17, 15) is 4.79 Å². The van der Waals surface area contributed by atoms with Gasteiger partial charge in [-0.25, -0.2) is 4.79 Å². The molecule has 1 amide bonds. The molecule has 0 aliphatic rings. The number of hydrogen-bond donors (Lipinski definition) is 1. The van der Waals surface area contributed by atoms with E-state index in [-0.39, 0.29) is 23.7 Å². The molecule has 0 aliphatic carbocycles. The third-order valence-corrected chi connectivity index (χ3v) is 3.14. The molecule has 0 saturated carbocycles. The number of alkyl carbamates (subject to hydrolysis) is 1. The van der Waals surface area contributed by atoms with Crippen molar-refractivity contribution in [3.63, 3.8) is 0 Å². The summed E-state index contributed by atoms with van der Waals surface area (Å²) in [5, 5.41) is 2.84. The number of nitrogens with one attached hydrogen (secondary N) is 1. The van der Waals surface area contributed by atoms with E-state index >= 15 is 0 Å². The Hall–Kier alpha value is -1.51. The van der Waals surface area contributed by atoms with E-state index in [1.807, 2.05) is 65.0 Å². The third-order valence-electron chi connectivity index (χ3n) is 3.14. The number of carbonyl (C=O) groups is 1. The van der Waals surface area contributed by atoms with Gasteiger partial charge in [0.05, 0.1) is 6.04 Å². The first-order valence-corrected chi connectivity index (χ1v) is 6.33. The molecule has 2 unspecified atom stereocenters. The van der Waals surface area contributed by atoms with Crippen LogP contribution in [-0.4, -0.2) is 12.2 Å². The summed E-state index contributed by atoms with van der Waals surface area (Å²) in [6.07, 6.45) is -0.491. The smallest absolute Gasteiger partial charge is 0.407 e. The molecule has 1 rings (SSSR count). The molecule has 0 spiro atoms. The Labute approximate surface area is 110 Å². The van der Waals surface area contributed by atoms with Crippen LogP contribution >= 0.6 is 0 Å². The van der Waals surface area contributed by atoms with Crippen LogP contribution < -0.4 is 5.32 Å². The summed E-state index contributed by atoms with van der Waals surface area (Å²) in [7, 11) is 0. The second-order valence-corrected chi connectivity index (χ2v) is 5.69. The van der Waals surface area contributed by atoms with Gasteiger partial charge in [-0.15, -0.1) is 0 Å². The Morgan fingerprint density at radius 2 is 1.72 bits per heavy atom. The Kier molecular flexibility index (Phi) is 4.76. The zero-order chi connectivity index (χ0) is 13.8. The molecule has 100 valence electrons. The standard InChI is InChI=1S/C15H23NO2/c1-11(13-9-7-6-8-10-13)16-14(17)18-12(2)15(3,4)5/h6-12H,1-5H3,(H,16,17). The first-order valence-electron chi connectivity index (χ1n) is 6.33. The summed E-state index contributed by atoms with van der Waals surface area (Å²) in [6.45, 7) is 9.99. The Bertz CT molecular complexity index is 381. The van der Waals surface area contributed by atoms with Gasteiger partial charge in [-0.05, 0) is 24.8 Å². The average Bonchev–Trinajstić information content (AvgIpc) is 2.28. The molecule has 1 aromatic carbocycles. The topological polar surface area (TPSA) is 38.3 Å². The Morgan fingerprint density at radius 3 is 2.22 bits per heavy atom. The predicted molar refractivity (Wildman–Crippen MR) is 73.4 cm³/mol. The van der Waals surface area contributed by atoms with Gasteiger partial charge in [0, 0.05) is 0 Å². The van der Waals surface area contributed by atoms with Gasteiger partial charge in [-0.1, -0.05) is 51.1 Å². The SMILES string of the molecule is CC(NC(=O)OC(C)C(C)(C)C)c1ccccc1. The molecule has 0 fully saturated rings. The second kappa shape index (κ2) is 5.89. The van der Waals surface area contributed by atoms with Gasteiger partial charge in [-0.3, -0.25) is 0 Å². The third kappa shape index (κ3) is 4.40. The summed E-state index contributed by atoms with van der Waals surface area (Å²) in [4.78, 5) is 11.8. The van der Waals surface area contributed by atoms with Gasteiger partial charge in [-0.2, -0.15) is 0 Å².